The van der Waals surface area contributed by atoms with E-state index in [0.29, 0.717) is 6.42 Å². The molecule has 0 unspecified atom stereocenters. The van der Waals surface area contributed by atoms with Crippen LogP contribution in [-0.2, 0) is 6.42 Å². The number of hydrogen-bond donors (Lipinski definition) is 0. The summed E-state index contributed by atoms with van der Waals surface area (Å²) in [6.07, 6.45) is 5.91. The molecule has 1 aliphatic carbocycles. The minimum Gasteiger partial charge on any atom is -0.492 e. The smallest absolute Gasteiger partial charge is 0.119 e. The van der Waals surface area contributed by atoms with Gasteiger partial charge in [0.2, 0.25) is 0 Å². The Labute approximate surface area is 122 Å². The predicted octanol–water partition coefficient (Wildman–Crippen LogP) is 3.40. The largest absolute Gasteiger partial charge is 0.492 e. The molecule has 0 bridgehead atoms. The number of benzene rings is 1. The van der Waals surface area contributed by atoms with Gasteiger partial charge in [0.15, 0.2) is 0 Å². The van der Waals surface area contributed by atoms with Crippen molar-refractivity contribution < 1.29 is 4.74 Å². The van der Waals surface area contributed by atoms with Crippen molar-refractivity contribution in [3.8, 4) is 11.8 Å². The lowest BCUT2D eigenvalue weighted by Crippen LogP contribution is -2.36. The van der Waals surface area contributed by atoms with Crippen LogP contribution in [0.15, 0.2) is 24.3 Å². The second kappa shape index (κ2) is 7.91. The van der Waals surface area contributed by atoms with Crippen LogP contribution in [0.5, 0.6) is 5.75 Å². The van der Waals surface area contributed by atoms with Crippen molar-refractivity contribution >= 4 is 0 Å². The van der Waals surface area contributed by atoms with Crippen LogP contribution in [0.3, 0.4) is 0 Å². The highest BCUT2D eigenvalue weighted by atomic mass is 16.5. The molecule has 0 saturated heterocycles. The highest BCUT2D eigenvalue weighted by Crippen LogP contribution is 2.23. The normalized spacial score (nSPS) is 15.4. The molecule has 3 nitrogen and oxygen atoms in total. The van der Waals surface area contributed by atoms with Crippen LogP contribution in [-0.4, -0.2) is 30.6 Å². The van der Waals surface area contributed by atoms with E-state index in [-0.39, 0.29) is 0 Å². The molecule has 20 heavy (non-hydrogen) atoms. The van der Waals surface area contributed by atoms with Gasteiger partial charge in [-0.15, -0.1) is 0 Å². The quantitative estimate of drug-likeness (QED) is 0.763. The predicted molar refractivity (Wildman–Crippen MR) is 80.8 cm³/mol. The maximum Gasteiger partial charge on any atom is 0.119 e. The molecule has 0 heterocycles. The zero-order valence-electron chi connectivity index (χ0n) is 12.3. The van der Waals surface area contributed by atoms with Gasteiger partial charge in [0, 0.05) is 12.6 Å². The minimum atomic E-state index is 0.464. The Hall–Kier alpha value is -1.53. The first-order chi connectivity index (χ1) is 9.83. The molecule has 1 aliphatic rings. The zero-order chi connectivity index (χ0) is 14.2. The van der Waals surface area contributed by atoms with Crippen molar-refractivity contribution in [2.24, 2.45) is 0 Å². The lowest BCUT2D eigenvalue weighted by atomic mass is 10.2. The van der Waals surface area contributed by atoms with Gasteiger partial charge >= 0.3 is 0 Å². The van der Waals surface area contributed by atoms with E-state index >= 15 is 0 Å². The second-order valence-corrected chi connectivity index (χ2v) is 5.39. The minimum absolute atomic E-state index is 0.464. The van der Waals surface area contributed by atoms with Crippen LogP contribution in [0.4, 0.5) is 0 Å². The molecule has 0 N–H and O–H groups in total. The van der Waals surface area contributed by atoms with Gasteiger partial charge in [-0.2, -0.15) is 5.26 Å². The Bertz CT molecular complexity index is 429. The molecular formula is C17H24N2O. The van der Waals surface area contributed by atoms with E-state index in [0.717, 1.165) is 37.1 Å². The van der Waals surface area contributed by atoms with Gasteiger partial charge in [0.25, 0.3) is 0 Å². The summed E-state index contributed by atoms with van der Waals surface area (Å²) in [7, 11) is 0. The molecule has 1 saturated carbocycles. The third-order valence-electron chi connectivity index (χ3n) is 4.10. The monoisotopic (exact) mass is 272 g/mol. The average Bonchev–Trinajstić information content (AvgIpc) is 3.00. The summed E-state index contributed by atoms with van der Waals surface area (Å²) in [5, 5.41) is 8.64. The number of nitrogens with zero attached hydrogens (tertiary/aromatic N) is 2. The summed E-state index contributed by atoms with van der Waals surface area (Å²) in [5.41, 5.74) is 1.04. The average molecular weight is 272 g/mol. The van der Waals surface area contributed by atoms with Gasteiger partial charge in [0.05, 0.1) is 12.5 Å². The first kappa shape index (κ1) is 14.9. The number of ether oxygens (including phenoxy) is 1. The number of hydrogen-bond acceptors (Lipinski definition) is 3. The van der Waals surface area contributed by atoms with E-state index < -0.39 is 0 Å². The molecule has 0 aromatic heterocycles. The topological polar surface area (TPSA) is 36.3 Å². The van der Waals surface area contributed by atoms with Crippen LogP contribution in [0.2, 0.25) is 0 Å². The van der Waals surface area contributed by atoms with Crippen molar-refractivity contribution in [2.75, 3.05) is 19.7 Å². The third-order valence-corrected chi connectivity index (χ3v) is 4.10. The van der Waals surface area contributed by atoms with Crippen LogP contribution in [0, 0.1) is 11.3 Å². The van der Waals surface area contributed by atoms with Gasteiger partial charge in [0.1, 0.15) is 12.4 Å². The summed E-state index contributed by atoms with van der Waals surface area (Å²) in [5.74, 6) is 0.897. The molecule has 2 rings (SSSR count). The number of rotatable bonds is 7. The molecule has 1 aromatic rings. The van der Waals surface area contributed by atoms with E-state index in [1.54, 1.807) is 0 Å². The van der Waals surface area contributed by atoms with Gasteiger partial charge in [-0.05, 0) is 37.1 Å². The summed E-state index contributed by atoms with van der Waals surface area (Å²) in [6, 6.07) is 10.8. The Balaban J connectivity index is 1.75. The molecule has 0 atom stereocenters. The van der Waals surface area contributed by atoms with E-state index in [1.165, 1.54) is 25.7 Å². The molecule has 0 aliphatic heterocycles. The first-order valence-electron chi connectivity index (χ1n) is 7.66. The molecular weight excluding hydrogens is 248 g/mol. The van der Waals surface area contributed by atoms with Crippen LogP contribution < -0.4 is 4.74 Å². The molecule has 0 spiro atoms. The standard InChI is InChI=1S/C17H24N2O/c1-2-19(16-5-3-4-6-16)13-14-20-17-9-7-15(8-10-17)11-12-18/h7-10,16H,2-6,11,13-14H2,1H3. The zero-order valence-corrected chi connectivity index (χ0v) is 12.3. The second-order valence-electron chi connectivity index (χ2n) is 5.39. The summed E-state index contributed by atoms with van der Waals surface area (Å²) in [6.45, 7) is 5.08. The van der Waals surface area contributed by atoms with Crippen molar-refractivity contribution in [1.29, 1.82) is 5.26 Å². The molecule has 3 heteroatoms. The highest BCUT2D eigenvalue weighted by molar-refractivity contribution is 5.28. The van der Waals surface area contributed by atoms with E-state index in [1.807, 2.05) is 24.3 Å². The summed E-state index contributed by atoms with van der Waals surface area (Å²) in [4.78, 5) is 2.54. The number of likely N-dealkylation sites (N-methyl/N-ethyl adjacent to an activating group) is 1. The van der Waals surface area contributed by atoms with Gasteiger partial charge < -0.3 is 4.74 Å². The third kappa shape index (κ3) is 4.25. The fourth-order valence-electron chi connectivity index (χ4n) is 2.94. The molecule has 1 aromatic carbocycles. The Morgan fingerprint density at radius 1 is 1.25 bits per heavy atom. The SMILES string of the molecule is CCN(CCOc1ccc(CC#N)cc1)C1CCCC1. The fraction of sp³-hybridized carbons (Fsp3) is 0.588. The van der Waals surface area contributed by atoms with Crippen molar-refractivity contribution in [3.63, 3.8) is 0 Å². The van der Waals surface area contributed by atoms with Gasteiger partial charge in [-0.25, -0.2) is 0 Å². The first-order valence-corrected chi connectivity index (χ1v) is 7.66. The van der Waals surface area contributed by atoms with E-state index in [9.17, 15) is 0 Å². The fourth-order valence-corrected chi connectivity index (χ4v) is 2.94. The van der Waals surface area contributed by atoms with Gasteiger partial charge in [-0.1, -0.05) is 31.9 Å². The lowest BCUT2D eigenvalue weighted by molar-refractivity contribution is 0.168. The van der Waals surface area contributed by atoms with Crippen molar-refractivity contribution in [1.82, 2.24) is 4.90 Å². The van der Waals surface area contributed by atoms with E-state index in [4.69, 9.17) is 10.00 Å². The van der Waals surface area contributed by atoms with Gasteiger partial charge in [-0.3, -0.25) is 4.90 Å². The Kier molecular flexibility index (Phi) is 5.88. The molecule has 108 valence electrons. The van der Waals surface area contributed by atoms with Crippen LogP contribution >= 0.6 is 0 Å². The maximum atomic E-state index is 8.64. The molecule has 1 fully saturated rings. The van der Waals surface area contributed by atoms with Crippen molar-refractivity contribution in [3.05, 3.63) is 29.8 Å². The summed E-state index contributed by atoms with van der Waals surface area (Å²) >= 11 is 0. The molecule has 0 radical (unpaired) electrons. The Morgan fingerprint density at radius 3 is 2.55 bits per heavy atom. The van der Waals surface area contributed by atoms with Crippen LogP contribution in [0.25, 0.3) is 0 Å². The lowest BCUT2D eigenvalue weighted by Gasteiger charge is -2.27. The van der Waals surface area contributed by atoms with Crippen LogP contribution in [0.1, 0.15) is 38.2 Å². The van der Waals surface area contributed by atoms with Crippen molar-refractivity contribution in [2.45, 2.75) is 45.1 Å². The maximum absolute atomic E-state index is 8.64. The Morgan fingerprint density at radius 2 is 1.95 bits per heavy atom. The van der Waals surface area contributed by atoms with E-state index in [2.05, 4.69) is 17.9 Å². The molecule has 0 amide bonds. The summed E-state index contributed by atoms with van der Waals surface area (Å²) < 4.78 is 5.81. The number of nitriles is 1. The highest BCUT2D eigenvalue weighted by Gasteiger charge is 2.20.